The summed E-state index contributed by atoms with van der Waals surface area (Å²) in [7, 11) is 0. The van der Waals surface area contributed by atoms with Crippen LogP contribution in [-0.2, 0) is 11.3 Å². The van der Waals surface area contributed by atoms with Gasteiger partial charge < -0.3 is 19.8 Å². The summed E-state index contributed by atoms with van der Waals surface area (Å²) in [5, 5.41) is 5.57. The maximum atomic E-state index is 12.6. The summed E-state index contributed by atoms with van der Waals surface area (Å²) in [4.78, 5) is 25.2. The highest BCUT2D eigenvalue weighted by atomic mass is 16.5. The van der Waals surface area contributed by atoms with E-state index in [9.17, 15) is 9.59 Å². The van der Waals surface area contributed by atoms with Crippen LogP contribution in [0, 0.1) is 13.8 Å². The molecule has 0 saturated heterocycles. The van der Waals surface area contributed by atoms with Gasteiger partial charge >= 0.3 is 0 Å². The molecule has 29 heavy (non-hydrogen) atoms. The molecule has 2 aromatic carbocycles. The predicted octanol–water partition coefficient (Wildman–Crippen LogP) is 4.23. The highest BCUT2D eigenvalue weighted by Crippen LogP contribution is 2.22. The Morgan fingerprint density at radius 1 is 1.03 bits per heavy atom. The Hall–Kier alpha value is -3.54. The van der Waals surface area contributed by atoms with Gasteiger partial charge in [-0.3, -0.25) is 9.59 Å². The summed E-state index contributed by atoms with van der Waals surface area (Å²) in [6.07, 6.45) is 0.822. The fraction of sp³-hybridized carbons (Fsp3) is 0.217. The van der Waals surface area contributed by atoms with E-state index < -0.39 is 6.10 Å². The summed E-state index contributed by atoms with van der Waals surface area (Å²) < 4.78 is 11.1. The van der Waals surface area contributed by atoms with Gasteiger partial charge in [0.05, 0.1) is 24.1 Å². The quantitative estimate of drug-likeness (QED) is 0.630. The Morgan fingerprint density at radius 3 is 2.59 bits per heavy atom. The van der Waals surface area contributed by atoms with Crippen molar-refractivity contribution >= 4 is 17.5 Å². The molecule has 0 aliphatic heterocycles. The summed E-state index contributed by atoms with van der Waals surface area (Å²) in [6, 6.07) is 16.1. The molecule has 1 heterocycles. The lowest BCUT2D eigenvalue weighted by molar-refractivity contribution is -0.122. The zero-order chi connectivity index (χ0) is 20.8. The molecule has 6 nitrogen and oxygen atoms in total. The molecule has 150 valence electrons. The number of hydrogen-bond donors (Lipinski definition) is 2. The number of furan rings is 1. The molecule has 0 spiro atoms. The van der Waals surface area contributed by atoms with Crippen molar-refractivity contribution in [2.75, 3.05) is 5.32 Å². The Morgan fingerprint density at radius 2 is 1.83 bits per heavy atom. The van der Waals surface area contributed by atoms with Crippen molar-refractivity contribution in [3.63, 3.8) is 0 Å². The van der Waals surface area contributed by atoms with Crippen molar-refractivity contribution in [1.82, 2.24) is 5.32 Å². The van der Waals surface area contributed by atoms with Crippen LogP contribution in [0.25, 0.3) is 0 Å². The van der Waals surface area contributed by atoms with Crippen LogP contribution in [0.2, 0.25) is 0 Å². The number of para-hydroxylation sites is 1. The number of aryl methyl sites for hydroxylation is 1. The number of hydrogen-bond acceptors (Lipinski definition) is 4. The van der Waals surface area contributed by atoms with Gasteiger partial charge in [-0.2, -0.15) is 0 Å². The highest BCUT2D eigenvalue weighted by molar-refractivity contribution is 6.04. The normalized spacial score (nSPS) is 11.6. The number of ether oxygens (including phenoxy) is 1. The van der Waals surface area contributed by atoms with E-state index in [1.807, 2.05) is 32.0 Å². The van der Waals surface area contributed by atoms with Crippen molar-refractivity contribution < 1.29 is 18.7 Å². The molecule has 0 bridgehead atoms. The predicted molar refractivity (Wildman–Crippen MR) is 111 cm³/mol. The third-order valence-corrected chi connectivity index (χ3v) is 4.66. The van der Waals surface area contributed by atoms with Crippen LogP contribution in [0.3, 0.4) is 0 Å². The van der Waals surface area contributed by atoms with E-state index in [0.717, 1.165) is 11.1 Å². The van der Waals surface area contributed by atoms with Crippen molar-refractivity contribution in [3.8, 4) is 5.75 Å². The van der Waals surface area contributed by atoms with Gasteiger partial charge in [-0.05, 0) is 62.2 Å². The second kappa shape index (κ2) is 9.10. The summed E-state index contributed by atoms with van der Waals surface area (Å²) >= 11 is 0. The van der Waals surface area contributed by atoms with Gasteiger partial charge in [-0.25, -0.2) is 0 Å². The molecule has 0 radical (unpaired) electrons. The lowest BCUT2D eigenvalue weighted by Gasteiger charge is -2.18. The van der Waals surface area contributed by atoms with E-state index in [1.165, 1.54) is 0 Å². The Labute approximate surface area is 169 Å². The number of benzene rings is 2. The first-order valence-corrected chi connectivity index (χ1v) is 9.39. The topological polar surface area (TPSA) is 80.6 Å². The Kier molecular flexibility index (Phi) is 6.34. The lowest BCUT2D eigenvalue weighted by Crippen LogP contribution is -2.32. The highest BCUT2D eigenvalue weighted by Gasteiger charge is 2.19. The number of rotatable bonds is 7. The summed E-state index contributed by atoms with van der Waals surface area (Å²) in [5.41, 5.74) is 2.87. The van der Waals surface area contributed by atoms with Gasteiger partial charge in [0.2, 0.25) is 0 Å². The SMILES string of the molecule is Cc1cccc(O[C@H](C)C(=O)Nc2ccccc2C(=O)NCc2ccco2)c1C. The zero-order valence-corrected chi connectivity index (χ0v) is 16.7. The second-order valence-electron chi connectivity index (χ2n) is 6.76. The van der Waals surface area contributed by atoms with Crippen molar-refractivity contribution in [2.24, 2.45) is 0 Å². The van der Waals surface area contributed by atoms with Gasteiger partial charge in [0, 0.05) is 0 Å². The van der Waals surface area contributed by atoms with Gasteiger partial charge in [-0.1, -0.05) is 24.3 Å². The number of carbonyl (C=O) groups is 2. The van der Waals surface area contributed by atoms with Gasteiger partial charge in [-0.15, -0.1) is 0 Å². The second-order valence-corrected chi connectivity index (χ2v) is 6.76. The smallest absolute Gasteiger partial charge is 0.265 e. The van der Waals surface area contributed by atoms with Crippen molar-refractivity contribution in [3.05, 3.63) is 83.3 Å². The molecule has 0 aliphatic rings. The van der Waals surface area contributed by atoms with Crippen LogP contribution < -0.4 is 15.4 Å². The first-order chi connectivity index (χ1) is 14.0. The first kappa shape index (κ1) is 20.2. The molecule has 2 N–H and O–H groups in total. The van der Waals surface area contributed by atoms with E-state index in [4.69, 9.17) is 9.15 Å². The Balaban J connectivity index is 1.67. The number of nitrogens with one attached hydrogen (secondary N) is 2. The minimum Gasteiger partial charge on any atom is -0.481 e. The standard InChI is InChI=1S/C23H24N2O4/c1-15-8-6-12-21(16(15)2)29-17(3)22(26)25-20-11-5-4-10-19(20)23(27)24-14-18-9-7-13-28-18/h4-13,17H,14H2,1-3H3,(H,24,27)(H,25,26)/t17-/m1/s1. The fourth-order valence-corrected chi connectivity index (χ4v) is 2.80. The molecule has 0 unspecified atom stereocenters. The minimum atomic E-state index is -0.727. The minimum absolute atomic E-state index is 0.264. The Bertz CT molecular complexity index is 996. The van der Waals surface area contributed by atoms with Gasteiger partial charge in [0.15, 0.2) is 6.10 Å². The molecule has 0 aliphatic carbocycles. The van der Waals surface area contributed by atoms with E-state index in [2.05, 4.69) is 10.6 Å². The maximum Gasteiger partial charge on any atom is 0.265 e. The third-order valence-electron chi connectivity index (χ3n) is 4.66. The average molecular weight is 392 g/mol. The third kappa shape index (κ3) is 5.04. The molecule has 0 saturated carbocycles. The zero-order valence-electron chi connectivity index (χ0n) is 16.7. The summed E-state index contributed by atoms with van der Waals surface area (Å²) in [5.74, 6) is 0.671. The molecule has 1 aromatic heterocycles. The van der Waals surface area contributed by atoms with E-state index in [1.54, 1.807) is 49.6 Å². The molecule has 3 aromatic rings. The number of anilines is 1. The molecular formula is C23H24N2O4. The van der Waals surface area contributed by atoms with Crippen LogP contribution in [0.1, 0.15) is 34.2 Å². The number of amides is 2. The summed E-state index contributed by atoms with van der Waals surface area (Å²) in [6.45, 7) is 5.88. The fourth-order valence-electron chi connectivity index (χ4n) is 2.80. The largest absolute Gasteiger partial charge is 0.481 e. The number of carbonyl (C=O) groups excluding carboxylic acids is 2. The van der Waals surface area contributed by atoms with Crippen LogP contribution in [0.15, 0.2) is 65.3 Å². The molecular weight excluding hydrogens is 368 g/mol. The first-order valence-electron chi connectivity index (χ1n) is 9.39. The van der Waals surface area contributed by atoms with Crippen molar-refractivity contribution in [2.45, 2.75) is 33.4 Å². The average Bonchev–Trinajstić information content (AvgIpc) is 3.23. The van der Waals surface area contributed by atoms with Gasteiger partial charge in [0.1, 0.15) is 11.5 Å². The van der Waals surface area contributed by atoms with Crippen molar-refractivity contribution in [1.29, 1.82) is 0 Å². The van der Waals surface area contributed by atoms with Gasteiger partial charge in [0.25, 0.3) is 11.8 Å². The van der Waals surface area contributed by atoms with E-state index >= 15 is 0 Å². The molecule has 1 atom stereocenters. The van der Waals surface area contributed by atoms with Crippen LogP contribution in [0.4, 0.5) is 5.69 Å². The molecule has 2 amide bonds. The van der Waals surface area contributed by atoms with E-state index in [0.29, 0.717) is 22.8 Å². The molecule has 6 heteroatoms. The lowest BCUT2D eigenvalue weighted by atomic mass is 10.1. The van der Waals surface area contributed by atoms with Crippen LogP contribution >= 0.6 is 0 Å². The monoisotopic (exact) mass is 392 g/mol. The molecule has 0 fully saturated rings. The van der Waals surface area contributed by atoms with Crippen LogP contribution in [0.5, 0.6) is 5.75 Å². The van der Waals surface area contributed by atoms with E-state index in [-0.39, 0.29) is 18.4 Å². The molecule has 3 rings (SSSR count). The maximum absolute atomic E-state index is 12.6. The van der Waals surface area contributed by atoms with Crippen LogP contribution in [-0.4, -0.2) is 17.9 Å².